The van der Waals surface area contributed by atoms with E-state index in [4.69, 9.17) is 4.98 Å². The van der Waals surface area contributed by atoms with Gasteiger partial charge in [-0.25, -0.2) is 4.98 Å². The Hall–Kier alpha value is -1.59. The zero-order valence-electron chi connectivity index (χ0n) is 13.4. The van der Waals surface area contributed by atoms with Crippen LogP contribution in [0.3, 0.4) is 0 Å². The smallest absolute Gasteiger partial charge is 0.152 e. The third kappa shape index (κ3) is 3.74. The lowest BCUT2D eigenvalue weighted by atomic mass is 10.1. The number of likely N-dealkylation sites (N-methyl/N-ethyl adjacent to an activating group) is 1. The van der Waals surface area contributed by atoms with E-state index in [1.54, 1.807) is 0 Å². The molecule has 0 amide bonds. The van der Waals surface area contributed by atoms with Gasteiger partial charge in [-0.1, -0.05) is 6.07 Å². The van der Waals surface area contributed by atoms with Crippen LogP contribution in [0.4, 0.5) is 5.82 Å². The number of imidazole rings is 1. The Balaban J connectivity index is 2.42. The summed E-state index contributed by atoms with van der Waals surface area (Å²) in [5.74, 6) is 0.953. The second-order valence-corrected chi connectivity index (χ2v) is 6.22. The van der Waals surface area contributed by atoms with E-state index in [9.17, 15) is 5.11 Å². The zero-order valence-corrected chi connectivity index (χ0v) is 13.4. The van der Waals surface area contributed by atoms with Crippen LogP contribution < -0.4 is 10.2 Å². The molecule has 0 spiro atoms. The SMILES string of the molecule is CCN(CCO)c1nc2ccccn2c1CNC(C)(C)C. The van der Waals surface area contributed by atoms with Crippen LogP contribution in [0.1, 0.15) is 33.4 Å². The first-order chi connectivity index (χ1) is 9.96. The molecule has 2 aromatic rings. The maximum Gasteiger partial charge on any atom is 0.152 e. The highest BCUT2D eigenvalue weighted by Gasteiger charge is 2.18. The quantitative estimate of drug-likeness (QED) is 0.855. The van der Waals surface area contributed by atoms with E-state index in [2.05, 4.69) is 42.3 Å². The number of pyridine rings is 1. The molecule has 0 unspecified atom stereocenters. The van der Waals surface area contributed by atoms with Gasteiger partial charge in [0.25, 0.3) is 0 Å². The fourth-order valence-electron chi connectivity index (χ4n) is 2.34. The first-order valence-electron chi connectivity index (χ1n) is 7.53. The Bertz CT molecular complexity index is 585. The molecule has 0 bridgehead atoms. The Morgan fingerprint density at radius 3 is 2.71 bits per heavy atom. The van der Waals surface area contributed by atoms with Crippen molar-refractivity contribution in [3.63, 3.8) is 0 Å². The van der Waals surface area contributed by atoms with Gasteiger partial charge in [0.2, 0.25) is 0 Å². The molecule has 5 nitrogen and oxygen atoms in total. The van der Waals surface area contributed by atoms with Crippen LogP contribution in [0.5, 0.6) is 0 Å². The number of nitrogens with zero attached hydrogens (tertiary/aromatic N) is 3. The van der Waals surface area contributed by atoms with Crippen molar-refractivity contribution >= 4 is 11.5 Å². The fraction of sp³-hybridized carbons (Fsp3) is 0.562. The summed E-state index contributed by atoms with van der Waals surface area (Å²) in [5.41, 5.74) is 2.12. The number of hydrogen-bond acceptors (Lipinski definition) is 4. The number of rotatable bonds is 6. The summed E-state index contributed by atoms with van der Waals surface area (Å²) in [4.78, 5) is 6.86. The summed E-state index contributed by atoms with van der Waals surface area (Å²) in [5, 5.41) is 12.8. The lowest BCUT2D eigenvalue weighted by Crippen LogP contribution is -2.36. The number of hydrogen-bond donors (Lipinski definition) is 2. The van der Waals surface area contributed by atoms with Gasteiger partial charge in [-0.05, 0) is 39.8 Å². The molecule has 0 radical (unpaired) electrons. The summed E-state index contributed by atoms with van der Waals surface area (Å²) < 4.78 is 2.12. The molecule has 0 atom stereocenters. The Kier molecular flexibility index (Phi) is 4.85. The molecule has 0 aliphatic heterocycles. The number of nitrogens with one attached hydrogen (secondary N) is 1. The molecule has 2 heterocycles. The zero-order chi connectivity index (χ0) is 15.5. The predicted molar refractivity (Wildman–Crippen MR) is 86.8 cm³/mol. The molecule has 0 fully saturated rings. The summed E-state index contributed by atoms with van der Waals surface area (Å²) >= 11 is 0. The summed E-state index contributed by atoms with van der Waals surface area (Å²) in [7, 11) is 0. The van der Waals surface area contributed by atoms with E-state index in [0.717, 1.165) is 30.2 Å². The first-order valence-corrected chi connectivity index (χ1v) is 7.53. The number of fused-ring (bicyclic) bond motifs is 1. The Morgan fingerprint density at radius 1 is 1.33 bits per heavy atom. The normalized spacial score (nSPS) is 12.0. The highest BCUT2D eigenvalue weighted by Crippen LogP contribution is 2.22. The van der Waals surface area contributed by atoms with Crippen molar-refractivity contribution in [2.45, 2.75) is 39.8 Å². The molecular weight excluding hydrogens is 264 g/mol. The van der Waals surface area contributed by atoms with E-state index in [1.807, 2.05) is 24.4 Å². The molecule has 116 valence electrons. The first kappa shape index (κ1) is 15.8. The monoisotopic (exact) mass is 290 g/mol. The molecule has 0 aliphatic carbocycles. The number of aliphatic hydroxyl groups is 1. The summed E-state index contributed by atoms with van der Waals surface area (Å²) in [6, 6.07) is 6.02. The van der Waals surface area contributed by atoms with E-state index in [-0.39, 0.29) is 12.1 Å². The molecule has 0 aliphatic rings. The minimum Gasteiger partial charge on any atom is -0.395 e. The van der Waals surface area contributed by atoms with Gasteiger partial charge >= 0.3 is 0 Å². The van der Waals surface area contributed by atoms with Gasteiger partial charge in [-0.3, -0.25) is 0 Å². The van der Waals surface area contributed by atoms with Crippen molar-refractivity contribution in [2.24, 2.45) is 0 Å². The van der Waals surface area contributed by atoms with Gasteiger partial charge in [0.05, 0.1) is 12.3 Å². The molecule has 21 heavy (non-hydrogen) atoms. The topological polar surface area (TPSA) is 52.8 Å². The molecule has 5 heteroatoms. The minimum absolute atomic E-state index is 0.0459. The predicted octanol–water partition coefficient (Wildman–Crippen LogP) is 2.04. The van der Waals surface area contributed by atoms with Crippen LogP contribution in [0.25, 0.3) is 5.65 Å². The lowest BCUT2D eigenvalue weighted by Gasteiger charge is -2.24. The molecule has 2 rings (SSSR count). The van der Waals surface area contributed by atoms with Crippen LogP contribution in [-0.4, -0.2) is 39.7 Å². The van der Waals surface area contributed by atoms with Crippen molar-refractivity contribution < 1.29 is 5.11 Å². The van der Waals surface area contributed by atoms with E-state index in [0.29, 0.717) is 6.54 Å². The van der Waals surface area contributed by atoms with Crippen LogP contribution in [0.15, 0.2) is 24.4 Å². The molecule has 0 aromatic carbocycles. The third-order valence-electron chi connectivity index (χ3n) is 3.45. The summed E-state index contributed by atoms with van der Waals surface area (Å²) in [6.07, 6.45) is 2.04. The molecule has 2 N–H and O–H groups in total. The van der Waals surface area contributed by atoms with E-state index < -0.39 is 0 Å². The molecular formula is C16H26N4O. The van der Waals surface area contributed by atoms with Gasteiger partial charge in [0, 0.05) is 31.4 Å². The molecule has 2 aromatic heterocycles. The highest BCUT2D eigenvalue weighted by atomic mass is 16.3. The van der Waals surface area contributed by atoms with E-state index in [1.165, 1.54) is 0 Å². The van der Waals surface area contributed by atoms with Gasteiger partial charge in [-0.15, -0.1) is 0 Å². The third-order valence-corrected chi connectivity index (χ3v) is 3.45. The average molecular weight is 290 g/mol. The van der Waals surface area contributed by atoms with Crippen molar-refractivity contribution in [1.82, 2.24) is 14.7 Å². The van der Waals surface area contributed by atoms with Gasteiger partial charge in [0.15, 0.2) is 5.82 Å². The lowest BCUT2D eigenvalue weighted by molar-refractivity contribution is 0.302. The second kappa shape index (κ2) is 6.45. The van der Waals surface area contributed by atoms with Crippen molar-refractivity contribution in [3.05, 3.63) is 30.1 Å². The number of aromatic nitrogens is 2. The number of aliphatic hydroxyl groups excluding tert-OH is 1. The molecule has 0 saturated heterocycles. The number of anilines is 1. The standard InChI is InChI=1S/C16H26N4O/c1-5-19(10-11-21)15-13(12-17-16(2,3)4)20-9-7-6-8-14(20)18-15/h6-9,17,21H,5,10-12H2,1-4H3. The van der Waals surface area contributed by atoms with Crippen LogP contribution in [-0.2, 0) is 6.54 Å². The van der Waals surface area contributed by atoms with Crippen LogP contribution >= 0.6 is 0 Å². The maximum absolute atomic E-state index is 9.26. The maximum atomic E-state index is 9.26. The largest absolute Gasteiger partial charge is 0.395 e. The fourth-order valence-corrected chi connectivity index (χ4v) is 2.34. The highest BCUT2D eigenvalue weighted by molar-refractivity contribution is 5.56. The minimum atomic E-state index is 0.0459. The van der Waals surface area contributed by atoms with Gasteiger partial charge in [-0.2, -0.15) is 0 Å². The molecule has 0 saturated carbocycles. The van der Waals surface area contributed by atoms with E-state index >= 15 is 0 Å². The Morgan fingerprint density at radius 2 is 2.10 bits per heavy atom. The second-order valence-electron chi connectivity index (χ2n) is 6.22. The summed E-state index contributed by atoms with van der Waals surface area (Å²) in [6.45, 7) is 10.8. The van der Waals surface area contributed by atoms with Crippen molar-refractivity contribution in [2.75, 3.05) is 24.6 Å². The van der Waals surface area contributed by atoms with Gasteiger partial charge < -0.3 is 19.7 Å². The van der Waals surface area contributed by atoms with Crippen LogP contribution in [0, 0.1) is 0 Å². The average Bonchev–Trinajstić information content (AvgIpc) is 2.80. The Labute approximate surface area is 126 Å². The van der Waals surface area contributed by atoms with Crippen molar-refractivity contribution in [3.8, 4) is 0 Å². The van der Waals surface area contributed by atoms with Gasteiger partial charge in [0.1, 0.15) is 5.65 Å². The van der Waals surface area contributed by atoms with Crippen LogP contribution in [0.2, 0.25) is 0 Å². The van der Waals surface area contributed by atoms with Crippen molar-refractivity contribution in [1.29, 1.82) is 0 Å².